The van der Waals surface area contributed by atoms with Gasteiger partial charge in [0.25, 0.3) is 0 Å². The second kappa shape index (κ2) is 12.2. The van der Waals surface area contributed by atoms with Crippen molar-refractivity contribution in [3.05, 3.63) is 70.8 Å². The third-order valence-corrected chi connectivity index (χ3v) is 6.72. The van der Waals surface area contributed by atoms with E-state index in [2.05, 4.69) is 5.32 Å². The molecule has 0 saturated carbocycles. The summed E-state index contributed by atoms with van der Waals surface area (Å²) >= 11 is 0. The quantitative estimate of drug-likeness (QED) is 0.373. The van der Waals surface area contributed by atoms with Crippen LogP contribution in [-0.4, -0.2) is 84.9 Å². The molecule has 4 atom stereocenters. The fourth-order valence-corrected chi connectivity index (χ4v) is 4.97. The van der Waals surface area contributed by atoms with Gasteiger partial charge in [-0.1, -0.05) is 30.3 Å². The fraction of sp³-hybridized carbons (Fsp3) is 0.393. The van der Waals surface area contributed by atoms with E-state index in [0.717, 1.165) is 5.56 Å². The lowest BCUT2D eigenvalue weighted by Crippen LogP contribution is -2.56. The van der Waals surface area contributed by atoms with Gasteiger partial charge in [-0.15, -0.1) is 0 Å². The predicted octanol–water partition coefficient (Wildman–Crippen LogP) is 1.20. The molecule has 0 unspecified atom stereocenters. The van der Waals surface area contributed by atoms with Gasteiger partial charge in [0.05, 0.1) is 25.7 Å². The SMILES string of the molecule is CCOCC(=O)N(Cc1ccccc1)[C@@H]1C=C(C(=O)NCCO)[C@@H]2c3cc(C=O)cc(OC)c3O[C@@H]2[C@H]1O. The molecule has 0 spiro atoms. The van der Waals surface area contributed by atoms with Crippen molar-refractivity contribution in [3.63, 3.8) is 0 Å². The number of benzene rings is 2. The van der Waals surface area contributed by atoms with Gasteiger partial charge in [0, 0.05) is 36.4 Å². The van der Waals surface area contributed by atoms with E-state index in [1.165, 1.54) is 18.1 Å². The van der Waals surface area contributed by atoms with Gasteiger partial charge >= 0.3 is 0 Å². The van der Waals surface area contributed by atoms with Gasteiger partial charge in [-0.05, 0) is 30.7 Å². The van der Waals surface area contributed by atoms with Crippen molar-refractivity contribution in [2.24, 2.45) is 0 Å². The Bertz CT molecular complexity index is 1200. The van der Waals surface area contributed by atoms with Crippen LogP contribution in [0, 0.1) is 0 Å². The number of aliphatic hydroxyl groups is 2. The van der Waals surface area contributed by atoms with E-state index in [-0.39, 0.29) is 37.8 Å². The number of aliphatic hydroxyl groups excluding tert-OH is 2. The third-order valence-electron chi connectivity index (χ3n) is 6.72. The molecule has 1 aliphatic heterocycles. The Morgan fingerprint density at radius 2 is 1.97 bits per heavy atom. The lowest BCUT2D eigenvalue weighted by molar-refractivity contribution is -0.142. The number of rotatable bonds is 11. The lowest BCUT2D eigenvalue weighted by atomic mass is 9.77. The summed E-state index contributed by atoms with van der Waals surface area (Å²) in [5, 5.41) is 23.6. The van der Waals surface area contributed by atoms with Crippen molar-refractivity contribution in [1.29, 1.82) is 0 Å². The van der Waals surface area contributed by atoms with Crippen LogP contribution in [0.15, 0.2) is 54.1 Å². The van der Waals surface area contributed by atoms with Gasteiger partial charge in [-0.2, -0.15) is 0 Å². The summed E-state index contributed by atoms with van der Waals surface area (Å²) in [6.07, 6.45) is 0.0786. The Morgan fingerprint density at radius 1 is 1.21 bits per heavy atom. The highest BCUT2D eigenvalue weighted by Gasteiger charge is 2.51. The average Bonchev–Trinajstić information content (AvgIpc) is 3.34. The van der Waals surface area contributed by atoms with Gasteiger partial charge in [-0.25, -0.2) is 0 Å². The Morgan fingerprint density at radius 3 is 2.63 bits per heavy atom. The molecule has 0 saturated heterocycles. The standard InChI is InChI=1S/C28H32N2O8/c1-3-37-16-23(33)30(14-17-7-5-4-6-8-17)21-13-20(28(35)29-9-10-31)24-19-11-18(15-32)12-22(36-2)26(19)38-27(24)25(21)34/h4-8,11-13,15,21,24-25,27,31,34H,3,9-10,14,16H2,1-2H3,(H,29,35)/t21-,24+,25+,27+/m1/s1. The number of methoxy groups -OCH3 is 1. The van der Waals surface area contributed by atoms with E-state index in [1.807, 2.05) is 30.3 Å². The summed E-state index contributed by atoms with van der Waals surface area (Å²) in [6.45, 7) is 1.84. The Balaban J connectivity index is 1.81. The molecule has 2 amide bonds. The highest BCUT2D eigenvalue weighted by atomic mass is 16.5. The molecule has 3 N–H and O–H groups in total. The normalized spacial score (nSPS) is 21.4. The van der Waals surface area contributed by atoms with Crippen molar-refractivity contribution in [2.45, 2.75) is 37.6 Å². The van der Waals surface area contributed by atoms with Gasteiger partial charge in [0.2, 0.25) is 11.8 Å². The number of fused-ring (bicyclic) bond motifs is 3. The highest BCUT2D eigenvalue weighted by Crippen LogP contribution is 2.51. The topological polar surface area (TPSA) is 135 Å². The van der Waals surface area contributed by atoms with Crippen LogP contribution in [0.1, 0.15) is 34.3 Å². The molecule has 2 aromatic carbocycles. The minimum Gasteiger partial charge on any atom is -0.493 e. The minimum absolute atomic E-state index is 0.0171. The van der Waals surface area contributed by atoms with Crippen LogP contribution < -0.4 is 14.8 Å². The maximum absolute atomic E-state index is 13.3. The molecule has 10 heteroatoms. The second-order valence-corrected chi connectivity index (χ2v) is 9.05. The number of carbonyl (C=O) groups excluding carboxylic acids is 3. The number of hydrogen-bond donors (Lipinski definition) is 3. The maximum atomic E-state index is 13.3. The first kappa shape index (κ1) is 27.3. The largest absolute Gasteiger partial charge is 0.493 e. The maximum Gasteiger partial charge on any atom is 0.249 e. The lowest BCUT2D eigenvalue weighted by Gasteiger charge is -2.40. The summed E-state index contributed by atoms with van der Waals surface area (Å²) in [4.78, 5) is 39.7. The molecular weight excluding hydrogens is 492 g/mol. The average molecular weight is 525 g/mol. The van der Waals surface area contributed by atoms with Gasteiger partial charge in [-0.3, -0.25) is 14.4 Å². The molecule has 10 nitrogen and oxygen atoms in total. The molecule has 0 fully saturated rings. The van der Waals surface area contributed by atoms with Crippen molar-refractivity contribution in [1.82, 2.24) is 10.2 Å². The number of aldehydes is 1. The zero-order valence-corrected chi connectivity index (χ0v) is 21.3. The molecule has 0 aromatic heterocycles. The molecule has 1 aliphatic carbocycles. The molecule has 2 aliphatic rings. The summed E-state index contributed by atoms with van der Waals surface area (Å²) in [7, 11) is 1.44. The van der Waals surface area contributed by atoms with Crippen molar-refractivity contribution >= 4 is 18.1 Å². The van der Waals surface area contributed by atoms with Crippen LogP contribution >= 0.6 is 0 Å². The van der Waals surface area contributed by atoms with E-state index >= 15 is 0 Å². The van der Waals surface area contributed by atoms with Crippen LogP contribution in [0.2, 0.25) is 0 Å². The molecule has 2 aromatic rings. The van der Waals surface area contributed by atoms with Crippen LogP contribution in [0.4, 0.5) is 0 Å². The highest BCUT2D eigenvalue weighted by molar-refractivity contribution is 5.96. The molecule has 0 bridgehead atoms. The summed E-state index contributed by atoms with van der Waals surface area (Å²) < 4.78 is 17.0. The number of amides is 2. The van der Waals surface area contributed by atoms with E-state index < -0.39 is 30.1 Å². The zero-order chi connectivity index (χ0) is 27.2. The van der Waals surface area contributed by atoms with E-state index in [9.17, 15) is 24.6 Å². The molecular formula is C28H32N2O8. The van der Waals surface area contributed by atoms with E-state index in [1.54, 1.807) is 19.1 Å². The van der Waals surface area contributed by atoms with Crippen LogP contribution in [0.25, 0.3) is 0 Å². The Labute approximate surface area is 220 Å². The van der Waals surface area contributed by atoms with Crippen molar-refractivity contribution in [2.75, 3.05) is 33.5 Å². The fourth-order valence-electron chi connectivity index (χ4n) is 4.97. The van der Waals surface area contributed by atoms with E-state index in [4.69, 9.17) is 14.2 Å². The van der Waals surface area contributed by atoms with Crippen LogP contribution in [-0.2, 0) is 20.9 Å². The zero-order valence-electron chi connectivity index (χ0n) is 21.3. The number of ether oxygens (including phenoxy) is 3. The predicted molar refractivity (Wildman–Crippen MR) is 137 cm³/mol. The van der Waals surface area contributed by atoms with Gasteiger partial charge in [0.15, 0.2) is 11.5 Å². The van der Waals surface area contributed by atoms with Crippen LogP contribution in [0.5, 0.6) is 11.5 Å². The number of hydrogen-bond acceptors (Lipinski definition) is 8. The second-order valence-electron chi connectivity index (χ2n) is 9.05. The first-order valence-corrected chi connectivity index (χ1v) is 12.5. The Kier molecular flexibility index (Phi) is 8.77. The summed E-state index contributed by atoms with van der Waals surface area (Å²) in [5.41, 5.74) is 1.94. The summed E-state index contributed by atoms with van der Waals surface area (Å²) in [5.74, 6) is -0.949. The van der Waals surface area contributed by atoms with Gasteiger partial charge < -0.3 is 34.6 Å². The molecule has 0 radical (unpaired) electrons. The molecule has 4 rings (SSSR count). The van der Waals surface area contributed by atoms with Gasteiger partial charge in [0.1, 0.15) is 25.1 Å². The first-order valence-electron chi connectivity index (χ1n) is 12.5. The smallest absolute Gasteiger partial charge is 0.249 e. The minimum atomic E-state index is -1.22. The molecule has 202 valence electrons. The van der Waals surface area contributed by atoms with Crippen LogP contribution in [0.3, 0.4) is 0 Å². The number of carbonyl (C=O) groups is 3. The van der Waals surface area contributed by atoms with Crippen molar-refractivity contribution in [3.8, 4) is 11.5 Å². The number of nitrogens with zero attached hydrogens (tertiary/aromatic N) is 1. The van der Waals surface area contributed by atoms with E-state index in [0.29, 0.717) is 35.5 Å². The molecule has 38 heavy (non-hydrogen) atoms. The first-order chi connectivity index (χ1) is 18.4. The Hall–Kier alpha value is -3.73. The number of nitrogens with one attached hydrogen (secondary N) is 1. The monoisotopic (exact) mass is 524 g/mol. The molecule has 1 heterocycles. The van der Waals surface area contributed by atoms with Crippen molar-refractivity contribution < 1.29 is 38.8 Å². The summed E-state index contributed by atoms with van der Waals surface area (Å²) in [6, 6.07) is 11.5. The third kappa shape index (κ3) is 5.42.